The molecule has 0 atom stereocenters. The lowest BCUT2D eigenvalue weighted by Gasteiger charge is -2.22. The molecule has 1 aromatic heterocycles. The molecule has 2 rings (SSSR count). The van der Waals surface area contributed by atoms with Gasteiger partial charge in [-0.1, -0.05) is 18.2 Å². The van der Waals surface area contributed by atoms with Crippen LogP contribution in [0.1, 0.15) is 11.1 Å². The monoisotopic (exact) mass is 364 g/mol. The number of benzene rings is 1. The van der Waals surface area contributed by atoms with Gasteiger partial charge in [0.05, 0.1) is 7.11 Å². The van der Waals surface area contributed by atoms with Crippen molar-refractivity contribution in [1.82, 2.24) is 15.2 Å². The van der Waals surface area contributed by atoms with Gasteiger partial charge in [0.2, 0.25) is 5.88 Å². The van der Waals surface area contributed by atoms with Crippen molar-refractivity contribution in [1.29, 1.82) is 0 Å². The molecule has 0 aliphatic heterocycles. The molecule has 6 nitrogen and oxygen atoms in total. The number of pyridine rings is 1. The summed E-state index contributed by atoms with van der Waals surface area (Å²) in [6.45, 7) is -1.76. The zero-order valence-electron chi connectivity index (χ0n) is 14.9. The number of hydrogen-bond donors (Lipinski definition) is 1. The topological polar surface area (TPSA) is 59.0 Å². The number of guanidine groups is 1. The fourth-order valence-electron chi connectivity index (χ4n) is 2.43. The van der Waals surface area contributed by atoms with Crippen LogP contribution in [0.5, 0.6) is 11.6 Å². The summed E-state index contributed by atoms with van der Waals surface area (Å²) in [5.41, 5.74) is 1.86. The van der Waals surface area contributed by atoms with E-state index >= 15 is 0 Å². The van der Waals surface area contributed by atoms with Gasteiger partial charge in [-0.15, -0.1) is 0 Å². The normalized spacial score (nSPS) is 11.4. The molecule has 0 spiro atoms. The van der Waals surface area contributed by atoms with Gasteiger partial charge >= 0.3 is 6.61 Å². The SMILES string of the molecule is CN=C(NCc1cccnc1OC)N(C)Cc1ccc(OC(F)F)cc1. The van der Waals surface area contributed by atoms with Gasteiger partial charge in [0.15, 0.2) is 5.96 Å². The molecule has 0 unspecified atom stereocenters. The van der Waals surface area contributed by atoms with Gasteiger partial charge in [-0.25, -0.2) is 4.98 Å². The minimum Gasteiger partial charge on any atom is -0.481 e. The molecule has 1 N–H and O–H groups in total. The summed E-state index contributed by atoms with van der Waals surface area (Å²) in [5, 5.41) is 3.25. The van der Waals surface area contributed by atoms with Gasteiger partial charge in [-0.3, -0.25) is 4.99 Å². The standard InChI is InChI=1S/C18H22F2N4O2/c1-21-18(23-11-14-5-4-10-22-16(14)25-3)24(2)12-13-6-8-15(9-7-13)26-17(19)20/h4-10,17H,11-12H2,1-3H3,(H,21,23). The number of aromatic nitrogens is 1. The third-order valence-electron chi connectivity index (χ3n) is 3.62. The molecule has 1 heterocycles. The summed E-state index contributed by atoms with van der Waals surface area (Å²) >= 11 is 0. The quantitative estimate of drug-likeness (QED) is 0.605. The molecule has 0 bridgehead atoms. The summed E-state index contributed by atoms with van der Waals surface area (Å²) in [7, 11) is 5.16. The molecule has 0 amide bonds. The number of alkyl halides is 2. The van der Waals surface area contributed by atoms with Gasteiger partial charge in [-0.2, -0.15) is 8.78 Å². The zero-order chi connectivity index (χ0) is 18.9. The van der Waals surface area contributed by atoms with Crippen LogP contribution in [0.2, 0.25) is 0 Å². The first kappa shape index (κ1) is 19.4. The Labute approximate surface area is 151 Å². The van der Waals surface area contributed by atoms with Crippen LogP contribution < -0.4 is 14.8 Å². The highest BCUT2D eigenvalue weighted by molar-refractivity contribution is 5.79. The number of methoxy groups -OCH3 is 1. The van der Waals surface area contributed by atoms with E-state index in [4.69, 9.17) is 4.74 Å². The molecule has 2 aromatic rings. The van der Waals surface area contributed by atoms with Crippen molar-refractivity contribution < 1.29 is 18.3 Å². The van der Waals surface area contributed by atoms with Crippen LogP contribution in [0.25, 0.3) is 0 Å². The van der Waals surface area contributed by atoms with E-state index in [1.807, 2.05) is 24.1 Å². The first-order valence-corrected chi connectivity index (χ1v) is 7.97. The van der Waals surface area contributed by atoms with Gasteiger partial charge < -0.3 is 19.7 Å². The van der Waals surface area contributed by atoms with E-state index in [1.54, 1.807) is 32.5 Å². The highest BCUT2D eigenvalue weighted by Gasteiger charge is 2.10. The van der Waals surface area contributed by atoms with Crippen molar-refractivity contribution >= 4 is 5.96 Å². The molecular formula is C18H22F2N4O2. The first-order chi connectivity index (χ1) is 12.5. The smallest absolute Gasteiger partial charge is 0.387 e. The van der Waals surface area contributed by atoms with Crippen molar-refractivity contribution in [2.45, 2.75) is 19.7 Å². The lowest BCUT2D eigenvalue weighted by atomic mass is 10.2. The summed E-state index contributed by atoms with van der Waals surface area (Å²) < 4.78 is 34.0. The van der Waals surface area contributed by atoms with E-state index in [0.717, 1.165) is 11.1 Å². The van der Waals surface area contributed by atoms with Crippen LogP contribution in [0, 0.1) is 0 Å². The molecule has 0 fully saturated rings. The number of nitrogens with one attached hydrogen (secondary N) is 1. The van der Waals surface area contributed by atoms with Crippen LogP contribution in [0.3, 0.4) is 0 Å². The maximum absolute atomic E-state index is 12.2. The largest absolute Gasteiger partial charge is 0.481 e. The fourth-order valence-corrected chi connectivity index (χ4v) is 2.43. The minimum atomic E-state index is -2.82. The maximum atomic E-state index is 12.2. The van der Waals surface area contributed by atoms with Crippen molar-refractivity contribution in [2.24, 2.45) is 4.99 Å². The van der Waals surface area contributed by atoms with Crippen LogP contribution in [-0.2, 0) is 13.1 Å². The number of aliphatic imine (C=N–C) groups is 1. The van der Waals surface area contributed by atoms with E-state index in [0.29, 0.717) is 24.9 Å². The Hall–Kier alpha value is -2.90. The van der Waals surface area contributed by atoms with E-state index in [-0.39, 0.29) is 5.75 Å². The van der Waals surface area contributed by atoms with Crippen molar-refractivity contribution in [3.05, 3.63) is 53.7 Å². The molecule has 0 saturated heterocycles. The molecule has 8 heteroatoms. The number of ether oxygens (including phenoxy) is 2. The van der Waals surface area contributed by atoms with Crippen LogP contribution in [-0.4, -0.2) is 43.7 Å². The lowest BCUT2D eigenvalue weighted by Crippen LogP contribution is -2.38. The summed E-state index contributed by atoms with van der Waals surface area (Å²) in [4.78, 5) is 10.3. The predicted octanol–water partition coefficient (Wildman–Crippen LogP) is 2.90. The van der Waals surface area contributed by atoms with Crippen LogP contribution >= 0.6 is 0 Å². The Balaban J connectivity index is 1.95. The molecule has 0 aliphatic rings. The number of nitrogens with zero attached hydrogens (tertiary/aromatic N) is 3. The fraction of sp³-hybridized carbons (Fsp3) is 0.333. The highest BCUT2D eigenvalue weighted by Crippen LogP contribution is 2.16. The summed E-state index contributed by atoms with van der Waals surface area (Å²) in [6, 6.07) is 10.3. The van der Waals surface area contributed by atoms with E-state index in [1.165, 1.54) is 12.1 Å². The van der Waals surface area contributed by atoms with Gasteiger partial charge in [0.1, 0.15) is 5.75 Å². The van der Waals surface area contributed by atoms with Gasteiger partial charge in [0.25, 0.3) is 0 Å². The van der Waals surface area contributed by atoms with Gasteiger partial charge in [-0.05, 0) is 23.8 Å². The number of halogens is 2. The molecule has 0 saturated carbocycles. The third-order valence-corrected chi connectivity index (χ3v) is 3.62. The Morgan fingerprint density at radius 2 is 2.00 bits per heavy atom. The zero-order valence-corrected chi connectivity index (χ0v) is 14.9. The highest BCUT2D eigenvalue weighted by atomic mass is 19.3. The first-order valence-electron chi connectivity index (χ1n) is 7.97. The Kier molecular flexibility index (Phi) is 7.13. The lowest BCUT2D eigenvalue weighted by molar-refractivity contribution is -0.0498. The Bertz CT molecular complexity index is 723. The maximum Gasteiger partial charge on any atom is 0.387 e. The Morgan fingerprint density at radius 1 is 1.27 bits per heavy atom. The second kappa shape index (κ2) is 9.55. The van der Waals surface area contributed by atoms with Crippen LogP contribution in [0.4, 0.5) is 8.78 Å². The van der Waals surface area contributed by atoms with Gasteiger partial charge in [0, 0.05) is 38.9 Å². The third kappa shape index (κ3) is 5.58. The van der Waals surface area contributed by atoms with Crippen LogP contribution in [0.15, 0.2) is 47.6 Å². The summed E-state index contributed by atoms with van der Waals surface area (Å²) in [6.07, 6.45) is 1.67. The number of hydrogen-bond acceptors (Lipinski definition) is 4. The molecule has 140 valence electrons. The molecule has 1 aromatic carbocycles. The molecule has 26 heavy (non-hydrogen) atoms. The van der Waals surface area contributed by atoms with Crippen molar-refractivity contribution in [3.63, 3.8) is 0 Å². The van der Waals surface area contributed by atoms with E-state index in [9.17, 15) is 8.78 Å². The molecule has 0 aliphatic carbocycles. The minimum absolute atomic E-state index is 0.137. The van der Waals surface area contributed by atoms with E-state index < -0.39 is 6.61 Å². The second-order valence-corrected chi connectivity index (χ2v) is 5.45. The average molecular weight is 364 g/mol. The predicted molar refractivity (Wildman–Crippen MR) is 95.5 cm³/mol. The average Bonchev–Trinajstić information content (AvgIpc) is 2.63. The molecular weight excluding hydrogens is 342 g/mol. The van der Waals surface area contributed by atoms with Crippen molar-refractivity contribution in [2.75, 3.05) is 21.2 Å². The van der Waals surface area contributed by atoms with E-state index in [2.05, 4.69) is 20.0 Å². The number of rotatable bonds is 7. The molecule has 0 radical (unpaired) electrons. The van der Waals surface area contributed by atoms with Crippen molar-refractivity contribution in [3.8, 4) is 11.6 Å². The Morgan fingerprint density at radius 3 is 2.62 bits per heavy atom. The second-order valence-electron chi connectivity index (χ2n) is 5.45. The summed E-state index contributed by atoms with van der Waals surface area (Å²) in [5.74, 6) is 1.38.